The molecule has 5 rings (SSSR count). The average Bonchev–Trinajstić information content (AvgIpc) is 3.41. The Hall–Kier alpha value is -2.83. The summed E-state index contributed by atoms with van der Waals surface area (Å²) in [5, 5.41) is 1.10. The molecule has 0 bridgehead atoms. The highest BCUT2D eigenvalue weighted by atomic mass is 16.5. The summed E-state index contributed by atoms with van der Waals surface area (Å²) in [5.74, 6) is 4.14. The van der Waals surface area contributed by atoms with Gasteiger partial charge in [-0.25, -0.2) is 9.97 Å². The van der Waals surface area contributed by atoms with E-state index >= 15 is 0 Å². The Bertz CT molecular complexity index is 942. The van der Waals surface area contributed by atoms with Gasteiger partial charge in [-0.2, -0.15) is 4.98 Å². The second-order valence-electron chi connectivity index (χ2n) is 7.64. The highest BCUT2D eigenvalue weighted by Gasteiger charge is 2.43. The third kappa shape index (κ3) is 2.78. The van der Waals surface area contributed by atoms with Gasteiger partial charge in [0, 0.05) is 38.4 Å². The molecule has 27 heavy (non-hydrogen) atoms. The van der Waals surface area contributed by atoms with E-state index in [1.807, 2.05) is 18.3 Å². The number of fused-ring (bicyclic) bond motifs is 2. The third-order valence-corrected chi connectivity index (χ3v) is 6.18. The fourth-order valence-corrected chi connectivity index (χ4v) is 4.78. The Labute approximate surface area is 158 Å². The van der Waals surface area contributed by atoms with Crippen molar-refractivity contribution in [2.75, 3.05) is 37.0 Å². The van der Waals surface area contributed by atoms with Crippen molar-refractivity contribution >= 4 is 22.7 Å². The van der Waals surface area contributed by atoms with Crippen molar-refractivity contribution in [3.8, 4) is 5.88 Å². The van der Waals surface area contributed by atoms with Crippen LogP contribution in [0.15, 0.2) is 36.8 Å². The lowest BCUT2D eigenvalue weighted by atomic mass is 10.0. The van der Waals surface area contributed by atoms with Crippen LogP contribution in [0.25, 0.3) is 11.0 Å². The lowest BCUT2D eigenvalue weighted by molar-refractivity contribution is 0.398. The summed E-state index contributed by atoms with van der Waals surface area (Å²) >= 11 is 0. The van der Waals surface area contributed by atoms with Gasteiger partial charge in [-0.05, 0) is 36.8 Å². The summed E-state index contributed by atoms with van der Waals surface area (Å²) in [6, 6.07) is 8.58. The van der Waals surface area contributed by atoms with Gasteiger partial charge < -0.3 is 19.5 Å². The molecule has 1 N–H and O–H groups in total. The quantitative estimate of drug-likeness (QED) is 0.768. The van der Waals surface area contributed by atoms with Gasteiger partial charge in [0.05, 0.1) is 12.5 Å². The van der Waals surface area contributed by atoms with Crippen LogP contribution in [0.4, 0.5) is 11.6 Å². The molecule has 2 aliphatic rings. The van der Waals surface area contributed by atoms with Crippen molar-refractivity contribution in [1.82, 2.24) is 19.9 Å². The third-order valence-electron chi connectivity index (χ3n) is 6.18. The van der Waals surface area contributed by atoms with Crippen LogP contribution in [-0.4, -0.2) is 53.2 Å². The molecule has 0 aromatic carbocycles. The number of pyridine rings is 1. The highest BCUT2D eigenvalue weighted by Crippen LogP contribution is 2.42. The van der Waals surface area contributed by atoms with Gasteiger partial charge in [0.2, 0.25) is 5.88 Å². The molecule has 0 unspecified atom stereocenters. The first-order chi connectivity index (χ1) is 13.2. The lowest BCUT2D eigenvalue weighted by Gasteiger charge is -2.28. The molecule has 1 aliphatic carbocycles. The predicted molar refractivity (Wildman–Crippen MR) is 105 cm³/mol. The molecule has 140 valence electrons. The van der Waals surface area contributed by atoms with Gasteiger partial charge in [0.15, 0.2) is 0 Å². The molecule has 1 saturated heterocycles. The minimum Gasteiger partial charge on any atom is -0.481 e. The van der Waals surface area contributed by atoms with E-state index in [2.05, 4.69) is 48.9 Å². The first-order valence-electron chi connectivity index (χ1n) is 9.50. The topological polar surface area (TPSA) is 70.2 Å². The van der Waals surface area contributed by atoms with Crippen molar-refractivity contribution in [2.45, 2.75) is 18.9 Å². The number of hydrogen-bond donors (Lipinski definition) is 1. The zero-order valence-electron chi connectivity index (χ0n) is 15.7. The van der Waals surface area contributed by atoms with Crippen molar-refractivity contribution in [3.63, 3.8) is 0 Å². The van der Waals surface area contributed by atoms with Gasteiger partial charge in [-0.15, -0.1) is 0 Å². The Morgan fingerprint density at radius 2 is 1.96 bits per heavy atom. The summed E-state index contributed by atoms with van der Waals surface area (Å²) in [4.78, 5) is 21.4. The van der Waals surface area contributed by atoms with Gasteiger partial charge in [0.25, 0.3) is 0 Å². The van der Waals surface area contributed by atoms with Crippen LogP contribution in [-0.2, 0) is 0 Å². The molecule has 3 atom stereocenters. The number of anilines is 2. The van der Waals surface area contributed by atoms with E-state index in [4.69, 9.17) is 4.74 Å². The number of methoxy groups -OCH3 is 1. The van der Waals surface area contributed by atoms with Crippen LogP contribution in [0.3, 0.4) is 0 Å². The zero-order chi connectivity index (χ0) is 18.4. The van der Waals surface area contributed by atoms with E-state index in [0.29, 0.717) is 23.8 Å². The van der Waals surface area contributed by atoms with Gasteiger partial charge >= 0.3 is 0 Å². The van der Waals surface area contributed by atoms with Gasteiger partial charge in [0.1, 0.15) is 23.6 Å². The Kier molecular flexibility index (Phi) is 3.88. The van der Waals surface area contributed by atoms with E-state index in [0.717, 1.165) is 35.8 Å². The second-order valence-corrected chi connectivity index (χ2v) is 7.64. The molecular weight excluding hydrogens is 340 g/mol. The molecule has 0 amide bonds. The molecule has 1 saturated carbocycles. The van der Waals surface area contributed by atoms with E-state index in [-0.39, 0.29) is 0 Å². The first kappa shape index (κ1) is 16.4. The number of nitrogens with one attached hydrogen (secondary N) is 1. The lowest BCUT2D eigenvalue weighted by Crippen LogP contribution is -2.33. The van der Waals surface area contributed by atoms with Crippen LogP contribution < -0.4 is 14.5 Å². The maximum Gasteiger partial charge on any atom is 0.214 e. The molecule has 3 aromatic rings. The minimum atomic E-state index is 0.522. The Balaban J connectivity index is 1.30. The molecule has 3 aromatic heterocycles. The second kappa shape index (κ2) is 6.40. The van der Waals surface area contributed by atoms with Crippen LogP contribution in [0.5, 0.6) is 5.88 Å². The first-order valence-corrected chi connectivity index (χ1v) is 9.50. The number of hydrogen-bond acceptors (Lipinski definition) is 6. The van der Waals surface area contributed by atoms with Crippen LogP contribution in [0.1, 0.15) is 12.8 Å². The molecule has 0 radical (unpaired) electrons. The van der Waals surface area contributed by atoms with Gasteiger partial charge in [-0.3, -0.25) is 0 Å². The number of H-pyrrole nitrogens is 1. The summed E-state index contributed by atoms with van der Waals surface area (Å²) in [5.41, 5.74) is 0.903. The summed E-state index contributed by atoms with van der Waals surface area (Å²) in [6.07, 6.45) is 5.96. The molecule has 7 heteroatoms. The summed E-state index contributed by atoms with van der Waals surface area (Å²) < 4.78 is 5.28. The molecule has 4 heterocycles. The van der Waals surface area contributed by atoms with Crippen LogP contribution in [0.2, 0.25) is 0 Å². The molecule has 2 fully saturated rings. The SMILES string of the molecule is COc1cccc(N2C[C@H]3C[C@@H](N(C)c4ncnc5[nH]ccc45)C[C@H]3C2)n1. The van der Waals surface area contributed by atoms with Crippen molar-refractivity contribution in [1.29, 1.82) is 0 Å². The molecule has 7 nitrogen and oxygen atoms in total. The van der Waals surface area contributed by atoms with Crippen molar-refractivity contribution < 1.29 is 4.74 Å². The summed E-state index contributed by atoms with van der Waals surface area (Å²) in [7, 11) is 3.84. The fourth-order valence-electron chi connectivity index (χ4n) is 4.78. The number of rotatable bonds is 4. The standard InChI is InChI=1S/C20H24N6O/c1-25(20-16-6-7-21-19(16)22-12-23-20)15-8-13-10-26(11-14(13)9-15)17-4-3-5-18(24-17)27-2/h3-7,12-15H,8-11H2,1-2H3,(H,21,22,23)/t13-,14+,15-. The summed E-state index contributed by atoms with van der Waals surface area (Å²) in [6.45, 7) is 2.14. The number of ether oxygens (including phenoxy) is 1. The predicted octanol–water partition coefficient (Wildman–Crippen LogP) is 2.71. The fraction of sp³-hybridized carbons (Fsp3) is 0.450. The normalized spacial score (nSPS) is 24.4. The van der Waals surface area contributed by atoms with E-state index < -0.39 is 0 Å². The number of aromatic amines is 1. The molecular formula is C20H24N6O. The number of nitrogens with zero attached hydrogens (tertiary/aromatic N) is 5. The monoisotopic (exact) mass is 364 g/mol. The van der Waals surface area contributed by atoms with Crippen molar-refractivity contribution in [3.05, 3.63) is 36.8 Å². The maximum atomic E-state index is 5.28. The van der Waals surface area contributed by atoms with Crippen LogP contribution in [0, 0.1) is 11.8 Å². The minimum absolute atomic E-state index is 0.522. The van der Waals surface area contributed by atoms with Crippen LogP contribution >= 0.6 is 0 Å². The van der Waals surface area contributed by atoms with Crippen molar-refractivity contribution in [2.24, 2.45) is 11.8 Å². The van der Waals surface area contributed by atoms with E-state index in [1.165, 1.54) is 12.8 Å². The maximum absolute atomic E-state index is 5.28. The highest BCUT2D eigenvalue weighted by molar-refractivity contribution is 5.87. The Morgan fingerprint density at radius 3 is 2.74 bits per heavy atom. The Morgan fingerprint density at radius 1 is 1.15 bits per heavy atom. The smallest absolute Gasteiger partial charge is 0.214 e. The van der Waals surface area contributed by atoms with E-state index in [1.54, 1.807) is 13.4 Å². The average molecular weight is 364 g/mol. The number of aromatic nitrogens is 4. The van der Waals surface area contributed by atoms with E-state index in [9.17, 15) is 0 Å². The zero-order valence-corrected chi connectivity index (χ0v) is 15.7. The molecule has 0 spiro atoms. The van der Waals surface area contributed by atoms with Gasteiger partial charge in [-0.1, -0.05) is 6.07 Å². The largest absolute Gasteiger partial charge is 0.481 e. The molecule has 1 aliphatic heterocycles.